The Balaban J connectivity index is 2.44. The van der Waals surface area contributed by atoms with Gasteiger partial charge in [-0.1, -0.05) is 6.92 Å². The van der Waals surface area contributed by atoms with Gasteiger partial charge >= 0.3 is 0 Å². The smallest absolute Gasteiger partial charge is 0.250 e. The van der Waals surface area contributed by atoms with Crippen molar-refractivity contribution < 1.29 is 8.78 Å². The van der Waals surface area contributed by atoms with Crippen molar-refractivity contribution in [2.24, 2.45) is 5.92 Å². The Morgan fingerprint density at radius 1 is 1.36 bits per heavy atom. The predicted molar refractivity (Wildman–Crippen MR) is 116 cm³/mol. The van der Waals surface area contributed by atoms with Crippen LogP contribution in [0, 0.1) is 33.8 Å². The van der Waals surface area contributed by atoms with E-state index in [1.54, 1.807) is 12.1 Å². The van der Waals surface area contributed by atoms with Crippen LogP contribution < -0.4 is 5.32 Å². The Bertz CT molecular complexity index is 942. The van der Waals surface area contributed by atoms with Gasteiger partial charge in [-0.25, -0.2) is 18.7 Å². The highest BCUT2D eigenvalue weighted by Gasteiger charge is 2.37. The average molecular weight is 511 g/mol. The van der Waals surface area contributed by atoms with Crippen molar-refractivity contribution in [1.82, 2.24) is 9.97 Å². The van der Waals surface area contributed by atoms with Gasteiger partial charge in [-0.3, -0.25) is 0 Å². The lowest BCUT2D eigenvalue weighted by Crippen LogP contribution is -2.32. The van der Waals surface area contributed by atoms with Crippen molar-refractivity contribution in [2.45, 2.75) is 25.8 Å². The first-order valence-electron chi connectivity index (χ1n) is 8.09. The fraction of sp³-hybridized carbons (Fsp3) is 0.263. The van der Waals surface area contributed by atoms with Crippen molar-refractivity contribution in [3.05, 3.63) is 53.1 Å². The van der Waals surface area contributed by atoms with Gasteiger partial charge in [0.25, 0.3) is 0 Å². The Morgan fingerprint density at radius 3 is 2.57 bits per heavy atom. The second-order valence-corrected chi connectivity index (χ2v) is 7.75. The summed E-state index contributed by atoms with van der Waals surface area (Å²) in [6.07, 6.45) is 4.02. The lowest BCUT2D eigenvalue weighted by atomic mass is 9.91. The maximum absolute atomic E-state index is 14.1. The molecule has 2 unspecified atom stereocenters. The standard InChI is InChI=1S/C19H16F2IN5S/c1-12(19(2,20)21)18(15-10-25-17(26-11-15)5-6-28-22)27-16-4-3-13(8-23)7-14(16)9-24/h3-4,7,9-12,18,24,27H,1-2H3. The first kappa shape index (κ1) is 22.1. The Labute approximate surface area is 178 Å². The molecule has 5 nitrogen and oxygen atoms in total. The zero-order valence-corrected chi connectivity index (χ0v) is 18.0. The van der Waals surface area contributed by atoms with Crippen LogP contribution in [0.5, 0.6) is 0 Å². The number of halogens is 3. The second-order valence-electron chi connectivity index (χ2n) is 6.07. The van der Waals surface area contributed by atoms with Crippen LogP contribution in [0.15, 0.2) is 30.6 Å². The van der Waals surface area contributed by atoms with Crippen LogP contribution in [-0.2, 0) is 0 Å². The minimum Gasteiger partial charge on any atom is -0.377 e. The molecule has 0 saturated heterocycles. The van der Waals surface area contributed by atoms with Gasteiger partial charge in [0.2, 0.25) is 11.7 Å². The largest absolute Gasteiger partial charge is 0.377 e. The van der Waals surface area contributed by atoms with Gasteiger partial charge in [0, 0.05) is 62.5 Å². The van der Waals surface area contributed by atoms with E-state index in [-0.39, 0.29) is 0 Å². The second kappa shape index (κ2) is 9.80. The SMILES string of the molecule is CC(C(Nc1ccc(C#N)cc1C=N)c1cnc(C#CSI)nc1)C(C)(F)F. The van der Waals surface area contributed by atoms with Gasteiger partial charge in [0.05, 0.1) is 17.7 Å². The molecule has 0 aliphatic carbocycles. The van der Waals surface area contributed by atoms with Gasteiger partial charge in [0.1, 0.15) is 0 Å². The highest BCUT2D eigenvalue weighted by Crippen LogP contribution is 2.37. The van der Waals surface area contributed by atoms with Crippen LogP contribution in [0.25, 0.3) is 0 Å². The summed E-state index contributed by atoms with van der Waals surface area (Å²) in [6.45, 7) is 2.30. The third kappa shape index (κ3) is 5.63. The molecule has 2 aromatic rings. The molecule has 1 aromatic carbocycles. The first-order chi connectivity index (χ1) is 13.3. The van der Waals surface area contributed by atoms with Crippen LogP contribution in [-0.4, -0.2) is 22.1 Å². The number of rotatable bonds is 6. The first-order valence-corrected chi connectivity index (χ1v) is 11.5. The van der Waals surface area contributed by atoms with E-state index in [2.05, 4.69) is 26.5 Å². The summed E-state index contributed by atoms with van der Waals surface area (Å²) < 4.78 is 28.2. The average Bonchev–Trinajstić information content (AvgIpc) is 2.69. The molecule has 0 fully saturated rings. The molecule has 1 heterocycles. The number of aromatic nitrogens is 2. The Hall–Kier alpha value is -2.24. The van der Waals surface area contributed by atoms with Gasteiger partial charge < -0.3 is 10.7 Å². The quantitative estimate of drug-likeness (QED) is 0.317. The minimum atomic E-state index is -2.97. The molecule has 2 atom stereocenters. The van der Waals surface area contributed by atoms with Crippen molar-refractivity contribution in [3.8, 4) is 17.2 Å². The molecule has 0 radical (unpaired) electrons. The van der Waals surface area contributed by atoms with Crippen molar-refractivity contribution in [1.29, 1.82) is 10.7 Å². The van der Waals surface area contributed by atoms with Crippen molar-refractivity contribution >= 4 is 42.0 Å². The van der Waals surface area contributed by atoms with E-state index >= 15 is 0 Å². The number of nitrogens with one attached hydrogen (secondary N) is 2. The Morgan fingerprint density at radius 2 is 2.04 bits per heavy atom. The number of benzene rings is 1. The van der Waals surface area contributed by atoms with Crippen LogP contribution in [0.2, 0.25) is 0 Å². The molecule has 1 aromatic heterocycles. The lowest BCUT2D eigenvalue weighted by Gasteiger charge is -2.30. The molecule has 0 spiro atoms. The lowest BCUT2D eigenvalue weighted by molar-refractivity contribution is -0.0396. The van der Waals surface area contributed by atoms with Crippen molar-refractivity contribution in [2.75, 3.05) is 5.32 Å². The predicted octanol–water partition coefficient (Wildman–Crippen LogP) is 5.18. The number of anilines is 1. The molecule has 144 valence electrons. The summed E-state index contributed by atoms with van der Waals surface area (Å²) >= 11 is 2.03. The summed E-state index contributed by atoms with van der Waals surface area (Å²) in [5, 5.41) is 22.4. The molecule has 0 aliphatic rings. The van der Waals surface area contributed by atoms with Gasteiger partial charge in [-0.05, 0) is 45.2 Å². The molecular weight excluding hydrogens is 495 g/mol. The normalized spacial score (nSPS) is 12.9. The van der Waals surface area contributed by atoms with Crippen LogP contribution in [0.4, 0.5) is 14.5 Å². The fourth-order valence-corrected chi connectivity index (χ4v) is 2.93. The molecule has 2 rings (SSSR count). The van der Waals surface area contributed by atoms with Gasteiger partial charge in [-0.2, -0.15) is 5.26 Å². The van der Waals surface area contributed by atoms with E-state index in [1.807, 2.05) is 27.3 Å². The van der Waals surface area contributed by atoms with Crippen LogP contribution >= 0.6 is 30.1 Å². The van der Waals surface area contributed by atoms with E-state index < -0.39 is 17.9 Å². The monoisotopic (exact) mass is 511 g/mol. The molecule has 2 N–H and O–H groups in total. The topological polar surface area (TPSA) is 85.5 Å². The molecular formula is C19H16F2IN5S. The van der Waals surface area contributed by atoms with E-state index in [9.17, 15) is 8.78 Å². The number of hydrogen-bond acceptors (Lipinski definition) is 6. The van der Waals surface area contributed by atoms with E-state index in [4.69, 9.17) is 10.7 Å². The third-order valence-corrected chi connectivity index (χ3v) is 5.02. The summed E-state index contributed by atoms with van der Waals surface area (Å²) in [7, 11) is 1.30. The van der Waals surface area contributed by atoms with Gasteiger partial charge in [-0.15, -0.1) is 0 Å². The van der Waals surface area contributed by atoms with E-state index in [1.165, 1.54) is 34.3 Å². The number of nitrogens with zero attached hydrogens (tertiary/aromatic N) is 3. The Kier molecular flexibility index (Phi) is 7.72. The fourth-order valence-electron chi connectivity index (χ4n) is 2.47. The highest BCUT2D eigenvalue weighted by atomic mass is 127. The molecule has 0 bridgehead atoms. The molecule has 28 heavy (non-hydrogen) atoms. The zero-order chi connectivity index (χ0) is 20.7. The summed E-state index contributed by atoms with van der Waals surface area (Å²) in [4.78, 5) is 8.28. The number of hydrogen-bond donors (Lipinski definition) is 2. The third-order valence-electron chi connectivity index (χ3n) is 4.18. The molecule has 0 saturated carbocycles. The van der Waals surface area contributed by atoms with E-state index in [0.717, 1.165) is 13.1 Å². The number of alkyl halides is 2. The zero-order valence-electron chi connectivity index (χ0n) is 15.0. The van der Waals surface area contributed by atoms with Gasteiger partial charge in [0.15, 0.2) is 0 Å². The van der Waals surface area contributed by atoms with Crippen LogP contribution in [0.1, 0.15) is 42.4 Å². The number of nitriles is 1. The highest BCUT2D eigenvalue weighted by molar-refractivity contribution is 14.2. The minimum absolute atomic E-state index is 0.307. The van der Waals surface area contributed by atoms with Crippen LogP contribution in [0.3, 0.4) is 0 Å². The summed E-state index contributed by atoms with van der Waals surface area (Å²) in [5.41, 5.74) is 1.76. The molecule has 0 aliphatic heterocycles. The molecule has 0 amide bonds. The summed E-state index contributed by atoms with van der Waals surface area (Å²) in [6, 6.07) is 5.88. The maximum Gasteiger partial charge on any atom is 0.250 e. The molecule has 9 heteroatoms. The van der Waals surface area contributed by atoms with E-state index in [0.29, 0.717) is 28.2 Å². The van der Waals surface area contributed by atoms with Crippen molar-refractivity contribution in [3.63, 3.8) is 0 Å². The maximum atomic E-state index is 14.1. The summed E-state index contributed by atoms with van der Waals surface area (Å²) in [5.74, 6) is -0.996.